The zero-order valence-electron chi connectivity index (χ0n) is 3.44. The summed E-state index contributed by atoms with van der Waals surface area (Å²) in [6.45, 7) is 0. The second-order valence-electron chi connectivity index (χ2n) is 0.129. The van der Waals surface area contributed by atoms with E-state index in [1.807, 2.05) is 0 Å². The first-order chi connectivity index (χ1) is 1.73. The third-order valence-corrected chi connectivity index (χ3v) is 0. The van der Waals surface area contributed by atoms with E-state index in [0.717, 1.165) is 0 Å². The summed E-state index contributed by atoms with van der Waals surface area (Å²) in [7, 11) is 14.5. The Morgan fingerprint density at radius 1 is 0.857 bits per heavy atom. The van der Waals surface area contributed by atoms with E-state index in [0.29, 0.717) is 0 Å². The fourth-order valence-corrected chi connectivity index (χ4v) is 0. The largest absolute Gasteiger partial charge is 1.00 e. The van der Waals surface area contributed by atoms with E-state index < -0.39 is 11.2 Å². The standard InChI is InChI=1S/3ClH.Cu.Li.2H2O/h3*1H;;;2*1H2/q;;;+2;+1;;/p-3. The van der Waals surface area contributed by atoms with Crippen LogP contribution in [0.25, 0.3) is 0 Å². The van der Waals surface area contributed by atoms with Crippen LogP contribution in [0.4, 0.5) is 0 Å². The molecule has 0 unspecified atom stereocenters. The average Bonchev–Trinajstić information content (AvgIpc) is 0.811. The van der Waals surface area contributed by atoms with Crippen molar-refractivity contribution in [3.63, 3.8) is 0 Å². The fraction of sp³-hybridized carbons (Fsp3) is 0. The van der Waals surface area contributed by atoms with Crippen molar-refractivity contribution in [3.05, 3.63) is 0 Å². The zero-order valence-corrected chi connectivity index (χ0v) is 6.64. The Morgan fingerprint density at radius 3 is 0.857 bits per heavy atom. The molecule has 0 atom stereocenters. The van der Waals surface area contributed by atoms with Gasteiger partial charge in [0.2, 0.25) is 0 Å². The summed E-state index contributed by atoms with van der Waals surface area (Å²) in [5.74, 6) is 0. The van der Waals surface area contributed by atoms with E-state index in [9.17, 15) is 0 Å². The number of rotatable bonds is 0. The molecule has 4 N–H and O–H groups in total. The minimum atomic E-state index is -0.896. The molecule has 0 amide bonds. The smallest absolute Gasteiger partial charge is 1.00 e. The van der Waals surface area contributed by atoms with Crippen LogP contribution < -0.4 is 18.9 Å². The minimum Gasteiger partial charge on any atom is 1.00 e. The Labute approximate surface area is 70.9 Å². The predicted octanol–water partition coefficient (Wildman–Crippen LogP) is -2.58. The van der Waals surface area contributed by atoms with Crippen LogP contribution in [0.2, 0.25) is 0 Å². The molecule has 0 bridgehead atoms. The van der Waals surface area contributed by atoms with E-state index in [-0.39, 0.29) is 29.8 Å². The average molecular weight is 213 g/mol. The Morgan fingerprint density at radius 2 is 0.857 bits per heavy atom. The molecule has 7 heavy (non-hydrogen) atoms. The SMILES string of the molecule is O.O.[Cl][Cu-]([Cl])[Cl].[Li+]. The Hall–Kier alpha value is 1.91. The molecule has 0 aromatic rings. The van der Waals surface area contributed by atoms with Crippen molar-refractivity contribution in [2.75, 3.05) is 0 Å². The summed E-state index contributed by atoms with van der Waals surface area (Å²) in [6, 6.07) is 0. The molecule has 0 aromatic carbocycles. The van der Waals surface area contributed by atoms with Crippen LogP contribution in [-0.2, 0) is 11.2 Å². The van der Waals surface area contributed by atoms with Gasteiger partial charge in [0.1, 0.15) is 0 Å². The van der Waals surface area contributed by atoms with Crippen molar-refractivity contribution in [1.82, 2.24) is 0 Å². The van der Waals surface area contributed by atoms with Crippen LogP contribution in [0.15, 0.2) is 0 Å². The van der Waals surface area contributed by atoms with Crippen LogP contribution in [-0.4, -0.2) is 11.0 Å². The summed E-state index contributed by atoms with van der Waals surface area (Å²) >= 11 is -0.896. The Bertz CT molecular complexity index is 17.7. The first kappa shape index (κ1) is 23.1. The first-order valence-electron chi connectivity index (χ1n) is 0.342. The molecule has 2 nitrogen and oxygen atoms in total. The van der Waals surface area contributed by atoms with Gasteiger partial charge < -0.3 is 11.0 Å². The first-order valence-corrected chi connectivity index (χ1v) is 4.23. The molecule has 0 heterocycles. The summed E-state index contributed by atoms with van der Waals surface area (Å²) < 4.78 is 0. The van der Waals surface area contributed by atoms with Crippen LogP contribution in [0.1, 0.15) is 0 Å². The topological polar surface area (TPSA) is 63.0 Å². The number of hydrogen-bond donors (Lipinski definition) is 0. The van der Waals surface area contributed by atoms with Crippen LogP contribution >= 0.6 is 30.3 Å². The molecule has 0 saturated carbocycles. The molecule has 7 heteroatoms. The van der Waals surface area contributed by atoms with E-state index in [1.165, 1.54) is 0 Å². The van der Waals surface area contributed by atoms with Gasteiger partial charge in [-0.2, -0.15) is 0 Å². The molecule has 0 aliphatic heterocycles. The van der Waals surface area contributed by atoms with E-state index >= 15 is 0 Å². The fourth-order valence-electron chi connectivity index (χ4n) is 0. The van der Waals surface area contributed by atoms with Crippen molar-refractivity contribution in [2.45, 2.75) is 0 Å². The molecule has 0 saturated heterocycles. The van der Waals surface area contributed by atoms with Gasteiger partial charge in [-0.25, -0.2) is 0 Å². The van der Waals surface area contributed by atoms with Gasteiger partial charge in [0.25, 0.3) is 0 Å². The van der Waals surface area contributed by atoms with Crippen molar-refractivity contribution >= 4 is 30.3 Å². The molecule has 0 aliphatic carbocycles. The molecule has 0 spiro atoms. The van der Waals surface area contributed by atoms with Crippen LogP contribution in [0.5, 0.6) is 0 Å². The second-order valence-corrected chi connectivity index (χ2v) is 4.80. The summed E-state index contributed by atoms with van der Waals surface area (Å²) in [4.78, 5) is 0. The van der Waals surface area contributed by atoms with Gasteiger partial charge in [0.05, 0.1) is 0 Å². The summed E-state index contributed by atoms with van der Waals surface area (Å²) in [6.07, 6.45) is 0. The molecular weight excluding hydrogens is 209 g/mol. The van der Waals surface area contributed by atoms with Gasteiger partial charge >= 0.3 is 60.3 Å². The van der Waals surface area contributed by atoms with Gasteiger partial charge in [-0.3, -0.25) is 0 Å². The van der Waals surface area contributed by atoms with Crippen molar-refractivity contribution in [2.24, 2.45) is 0 Å². The van der Waals surface area contributed by atoms with Gasteiger partial charge in [-0.1, -0.05) is 0 Å². The van der Waals surface area contributed by atoms with Gasteiger partial charge in [0, 0.05) is 0 Å². The zero-order chi connectivity index (χ0) is 3.58. The second kappa shape index (κ2) is 15.7. The molecule has 0 radical (unpaired) electrons. The van der Waals surface area contributed by atoms with Gasteiger partial charge in [-0.15, -0.1) is 0 Å². The molecule has 0 aromatic heterocycles. The maximum Gasteiger partial charge on any atom is 1.00 e. The monoisotopic (exact) mass is 211 g/mol. The Kier molecular flexibility index (Phi) is 51.8. The molecular formula is H4Cl3CuLiO2. The number of halogens is 3. The van der Waals surface area contributed by atoms with Gasteiger partial charge in [-0.05, 0) is 0 Å². The van der Waals surface area contributed by atoms with Gasteiger partial charge in [0.15, 0.2) is 0 Å². The van der Waals surface area contributed by atoms with E-state index in [2.05, 4.69) is 0 Å². The Balaban J connectivity index is -0.0000000150. The van der Waals surface area contributed by atoms with Crippen molar-refractivity contribution in [3.8, 4) is 0 Å². The van der Waals surface area contributed by atoms with E-state index in [1.54, 1.807) is 0 Å². The van der Waals surface area contributed by atoms with Crippen LogP contribution in [0, 0.1) is 0 Å². The summed E-state index contributed by atoms with van der Waals surface area (Å²) in [5.41, 5.74) is 0. The normalized spacial score (nSPS) is 6.43. The predicted molar refractivity (Wildman–Crippen MR) is 24.8 cm³/mol. The van der Waals surface area contributed by atoms with Crippen LogP contribution in [0.3, 0.4) is 0 Å². The molecule has 0 fully saturated rings. The molecule has 0 rings (SSSR count). The third-order valence-electron chi connectivity index (χ3n) is 0. The molecule has 0 aliphatic rings. The maximum absolute atomic E-state index is 4.83. The summed E-state index contributed by atoms with van der Waals surface area (Å²) in [5, 5.41) is 0. The van der Waals surface area contributed by atoms with E-state index in [4.69, 9.17) is 30.3 Å². The van der Waals surface area contributed by atoms with Crippen molar-refractivity contribution in [1.29, 1.82) is 0 Å². The maximum atomic E-state index is 4.83. The third kappa shape index (κ3) is 75.9. The molecule has 49 valence electrons. The minimum absolute atomic E-state index is 0. The van der Waals surface area contributed by atoms with Crippen molar-refractivity contribution < 1.29 is 41.0 Å². The number of hydrogen-bond acceptors (Lipinski definition) is 0. The quantitative estimate of drug-likeness (QED) is 0.396.